The first-order valence-electron chi connectivity index (χ1n) is 6.17. The second-order valence-electron chi connectivity index (χ2n) is 4.52. The van der Waals surface area contributed by atoms with Crippen LogP contribution in [0.2, 0.25) is 0 Å². The van der Waals surface area contributed by atoms with E-state index in [1.807, 2.05) is 6.07 Å². The summed E-state index contributed by atoms with van der Waals surface area (Å²) in [5.74, 6) is -0.301. The third-order valence-electron chi connectivity index (χ3n) is 3.13. The van der Waals surface area contributed by atoms with Crippen LogP contribution in [0.1, 0.15) is 32.6 Å². The summed E-state index contributed by atoms with van der Waals surface area (Å²) in [6.07, 6.45) is 4.29. The third kappa shape index (κ3) is 5.16. The summed E-state index contributed by atoms with van der Waals surface area (Å²) in [6, 6.07) is 2.46. The van der Waals surface area contributed by atoms with Crippen LogP contribution >= 0.6 is 0 Å². The highest BCUT2D eigenvalue weighted by atomic mass is 16.5. The van der Waals surface area contributed by atoms with Gasteiger partial charge in [0.1, 0.15) is 6.10 Å². The minimum atomic E-state index is -0.394. The van der Waals surface area contributed by atoms with Crippen molar-refractivity contribution in [3.05, 3.63) is 0 Å². The SMILES string of the molecule is CC(C#N)OCCN(CC(N)=O)C1CCCC1. The largest absolute Gasteiger partial charge is 0.369 e. The smallest absolute Gasteiger partial charge is 0.231 e. The summed E-state index contributed by atoms with van der Waals surface area (Å²) in [4.78, 5) is 13.1. The van der Waals surface area contributed by atoms with Gasteiger partial charge in [-0.3, -0.25) is 9.69 Å². The first-order valence-corrected chi connectivity index (χ1v) is 6.17. The van der Waals surface area contributed by atoms with E-state index >= 15 is 0 Å². The molecule has 1 aliphatic carbocycles. The van der Waals surface area contributed by atoms with E-state index in [1.165, 1.54) is 12.8 Å². The highest BCUT2D eigenvalue weighted by Crippen LogP contribution is 2.22. The molecule has 1 amide bonds. The Labute approximate surface area is 103 Å². The average Bonchev–Trinajstić information content (AvgIpc) is 2.80. The standard InChI is InChI=1S/C12H21N3O2/c1-10(8-13)17-7-6-15(9-12(14)16)11-4-2-3-5-11/h10-11H,2-7,9H2,1H3,(H2,14,16). The molecule has 0 aliphatic heterocycles. The summed E-state index contributed by atoms with van der Waals surface area (Å²) in [6.45, 7) is 3.14. The van der Waals surface area contributed by atoms with Crippen molar-refractivity contribution in [3.63, 3.8) is 0 Å². The van der Waals surface area contributed by atoms with Gasteiger partial charge in [0.25, 0.3) is 0 Å². The Balaban J connectivity index is 2.35. The van der Waals surface area contributed by atoms with E-state index in [2.05, 4.69) is 4.90 Å². The van der Waals surface area contributed by atoms with E-state index in [0.29, 0.717) is 19.2 Å². The minimum Gasteiger partial charge on any atom is -0.369 e. The molecule has 5 nitrogen and oxygen atoms in total. The molecule has 0 saturated heterocycles. The molecule has 96 valence electrons. The Morgan fingerprint density at radius 1 is 1.59 bits per heavy atom. The molecule has 1 saturated carbocycles. The van der Waals surface area contributed by atoms with Crippen LogP contribution in [0.25, 0.3) is 0 Å². The number of carbonyl (C=O) groups is 1. The summed E-state index contributed by atoms with van der Waals surface area (Å²) in [5.41, 5.74) is 5.24. The van der Waals surface area contributed by atoms with Gasteiger partial charge in [0.2, 0.25) is 5.91 Å². The zero-order valence-electron chi connectivity index (χ0n) is 10.4. The summed E-state index contributed by atoms with van der Waals surface area (Å²) >= 11 is 0. The van der Waals surface area contributed by atoms with Gasteiger partial charge >= 0.3 is 0 Å². The highest BCUT2D eigenvalue weighted by Gasteiger charge is 2.23. The van der Waals surface area contributed by atoms with Crippen LogP contribution in [-0.2, 0) is 9.53 Å². The van der Waals surface area contributed by atoms with Crippen molar-refractivity contribution in [1.29, 1.82) is 5.26 Å². The molecule has 17 heavy (non-hydrogen) atoms. The molecule has 0 heterocycles. The fourth-order valence-electron chi connectivity index (χ4n) is 2.24. The molecular weight excluding hydrogens is 218 g/mol. The fraction of sp³-hybridized carbons (Fsp3) is 0.833. The number of primary amides is 1. The topological polar surface area (TPSA) is 79.3 Å². The molecule has 0 spiro atoms. The molecule has 2 N–H and O–H groups in total. The number of nitrogens with two attached hydrogens (primary N) is 1. The monoisotopic (exact) mass is 239 g/mol. The number of rotatable bonds is 7. The third-order valence-corrected chi connectivity index (χ3v) is 3.13. The van der Waals surface area contributed by atoms with E-state index in [9.17, 15) is 4.79 Å². The second-order valence-corrected chi connectivity index (χ2v) is 4.52. The van der Waals surface area contributed by atoms with Gasteiger partial charge in [-0.15, -0.1) is 0 Å². The lowest BCUT2D eigenvalue weighted by Crippen LogP contribution is -2.42. The second kappa shape index (κ2) is 7.25. The average molecular weight is 239 g/mol. The van der Waals surface area contributed by atoms with Gasteiger partial charge in [-0.25, -0.2) is 0 Å². The quantitative estimate of drug-likeness (QED) is 0.707. The Bertz CT molecular complexity index is 282. The van der Waals surface area contributed by atoms with Crippen molar-refractivity contribution < 1.29 is 9.53 Å². The molecule has 1 rings (SSSR count). The lowest BCUT2D eigenvalue weighted by atomic mass is 10.2. The number of nitriles is 1. The summed E-state index contributed by atoms with van der Waals surface area (Å²) in [5, 5.41) is 8.59. The van der Waals surface area contributed by atoms with Gasteiger partial charge in [-0.05, 0) is 19.8 Å². The Kier molecular flexibility index (Phi) is 5.95. The molecule has 0 aromatic heterocycles. The summed E-state index contributed by atoms with van der Waals surface area (Å²) < 4.78 is 5.31. The number of nitrogens with zero attached hydrogens (tertiary/aromatic N) is 2. The lowest BCUT2D eigenvalue weighted by Gasteiger charge is -2.27. The number of amides is 1. The van der Waals surface area contributed by atoms with E-state index < -0.39 is 6.10 Å². The minimum absolute atomic E-state index is 0.287. The van der Waals surface area contributed by atoms with E-state index in [0.717, 1.165) is 12.8 Å². The van der Waals surface area contributed by atoms with Crippen LogP contribution < -0.4 is 5.73 Å². The predicted octanol–water partition coefficient (Wildman–Crippen LogP) is 0.645. The number of ether oxygens (including phenoxy) is 1. The van der Waals surface area contributed by atoms with Gasteiger partial charge < -0.3 is 10.5 Å². The van der Waals surface area contributed by atoms with E-state index in [1.54, 1.807) is 6.92 Å². The van der Waals surface area contributed by atoms with Crippen LogP contribution in [0.5, 0.6) is 0 Å². The van der Waals surface area contributed by atoms with Crippen molar-refractivity contribution in [1.82, 2.24) is 4.90 Å². The first kappa shape index (κ1) is 13.9. The van der Waals surface area contributed by atoms with Gasteiger partial charge in [0.15, 0.2) is 0 Å². The van der Waals surface area contributed by atoms with Crippen molar-refractivity contribution >= 4 is 5.91 Å². The van der Waals surface area contributed by atoms with Gasteiger partial charge in [-0.2, -0.15) is 5.26 Å². The molecule has 1 aliphatic rings. The van der Waals surface area contributed by atoms with E-state index in [4.69, 9.17) is 15.7 Å². The first-order chi connectivity index (χ1) is 8.13. The zero-order valence-corrected chi connectivity index (χ0v) is 10.4. The normalized spacial score (nSPS) is 18.2. The maximum atomic E-state index is 11.0. The van der Waals surface area contributed by atoms with Gasteiger partial charge in [0, 0.05) is 12.6 Å². The maximum absolute atomic E-state index is 11.0. The predicted molar refractivity (Wildman–Crippen MR) is 64.1 cm³/mol. The Morgan fingerprint density at radius 3 is 2.76 bits per heavy atom. The Hall–Kier alpha value is -1.12. The molecule has 0 radical (unpaired) electrons. The van der Waals surface area contributed by atoms with Crippen molar-refractivity contribution in [2.75, 3.05) is 19.7 Å². The molecule has 1 atom stereocenters. The van der Waals surface area contributed by atoms with Crippen LogP contribution in [0.15, 0.2) is 0 Å². The molecular formula is C12H21N3O2. The number of carbonyl (C=O) groups excluding carboxylic acids is 1. The number of hydrogen-bond donors (Lipinski definition) is 1. The van der Waals surface area contributed by atoms with Crippen LogP contribution in [0.3, 0.4) is 0 Å². The highest BCUT2D eigenvalue weighted by molar-refractivity contribution is 5.75. The summed E-state index contributed by atoms with van der Waals surface area (Å²) in [7, 11) is 0. The van der Waals surface area contributed by atoms with Crippen molar-refractivity contribution in [3.8, 4) is 6.07 Å². The van der Waals surface area contributed by atoms with Crippen LogP contribution in [0, 0.1) is 11.3 Å². The van der Waals surface area contributed by atoms with Crippen molar-refractivity contribution in [2.24, 2.45) is 5.73 Å². The Morgan fingerprint density at radius 2 is 2.24 bits per heavy atom. The zero-order chi connectivity index (χ0) is 12.7. The fourth-order valence-corrected chi connectivity index (χ4v) is 2.24. The molecule has 1 unspecified atom stereocenters. The maximum Gasteiger partial charge on any atom is 0.231 e. The van der Waals surface area contributed by atoms with Gasteiger partial charge in [-0.1, -0.05) is 12.8 Å². The molecule has 0 aromatic carbocycles. The molecule has 5 heteroatoms. The van der Waals surface area contributed by atoms with Crippen LogP contribution in [0.4, 0.5) is 0 Å². The number of hydrogen-bond acceptors (Lipinski definition) is 4. The molecule has 0 bridgehead atoms. The molecule has 1 fully saturated rings. The lowest BCUT2D eigenvalue weighted by molar-refractivity contribution is -0.119. The molecule has 0 aromatic rings. The van der Waals surface area contributed by atoms with Crippen LogP contribution in [-0.4, -0.2) is 42.6 Å². The van der Waals surface area contributed by atoms with Gasteiger partial charge in [0.05, 0.1) is 19.2 Å². The van der Waals surface area contributed by atoms with Crippen molar-refractivity contribution in [2.45, 2.75) is 44.8 Å². The van der Waals surface area contributed by atoms with E-state index in [-0.39, 0.29) is 12.5 Å².